The van der Waals surface area contributed by atoms with Gasteiger partial charge < -0.3 is 14.5 Å². The van der Waals surface area contributed by atoms with E-state index in [0.29, 0.717) is 42.0 Å². The number of halogens is 2. The largest absolute Gasteiger partial charge is 0.481 e. The molecule has 1 atom stereocenters. The Balaban J connectivity index is 1.94. The van der Waals surface area contributed by atoms with Crippen LogP contribution in [0.4, 0.5) is 0 Å². The lowest BCUT2D eigenvalue weighted by Crippen LogP contribution is -2.52. The molecule has 2 amide bonds. The van der Waals surface area contributed by atoms with Crippen LogP contribution in [0.2, 0.25) is 10.0 Å². The number of hydrogen-bond acceptors (Lipinski definition) is 3. The molecule has 2 rings (SSSR count). The first-order valence-corrected chi connectivity index (χ1v) is 7.79. The Morgan fingerprint density at radius 3 is 2.05 bits per heavy atom. The first-order valence-electron chi connectivity index (χ1n) is 7.04. The molecule has 0 radical (unpaired) electrons. The van der Waals surface area contributed by atoms with E-state index in [4.69, 9.17) is 27.9 Å². The number of benzene rings is 1. The van der Waals surface area contributed by atoms with Crippen LogP contribution in [0.3, 0.4) is 0 Å². The summed E-state index contributed by atoms with van der Waals surface area (Å²) in [5.74, 6) is 0.380. The van der Waals surface area contributed by atoms with Crippen molar-refractivity contribution in [1.29, 1.82) is 0 Å². The van der Waals surface area contributed by atoms with E-state index in [1.807, 2.05) is 0 Å². The van der Waals surface area contributed by atoms with Crippen LogP contribution < -0.4 is 4.74 Å². The van der Waals surface area contributed by atoms with Gasteiger partial charge >= 0.3 is 0 Å². The standard InChI is InChI=1S/C15H18Cl2N2O3/c1-10(22-14-8-12(16)7-13(17)9-14)15(21)19-5-3-18(4-6-19)11(2)20/h7-10H,3-6H2,1-2H3. The summed E-state index contributed by atoms with van der Waals surface area (Å²) in [6.45, 7) is 5.36. The maximum atomic E-state index is 12.4. The molecule has 1 saturated heterocycles. The fourth-order valence-corrected chi connectivity index (χ4v) is 2.86. The van der Waals surface area contributed by atoms with Crippen LogP contribution in [0.1, 0.15) is 13.8 Å². The summed E-state index contributed by atoms with van der Waals surface area (Å²) in [5.41, 5.74) is 0. The molecule has 22 heavy (non-hydrogen) atoms. The second-order valence-electron chi connectivity index (χ2n) is 5.20. The lowest BCUT2D eigenvalue weighted by molar-refractivity contribution is -0.143. The smallest absolute Gasteiger partial charge is 0.263 e. The number of carbonyl (C=O) groups is 2. The lowest BCUT2D eigenvalue weighted by Gasteiger charge is -2.35. The van der Waals surface area contributed by atoms with E-state index in [1.54, 1.807) is 34.9 Å². The van der Waals surface area contributed by atoms with Gasteiger partial charge in [-0.3, -0.25) is 9.59 Å². The van der Waals surface area contributed by atoms with Gasteiger partial charge in [-0.05, 0) is 25.1 Å². The highest BCUT2D eigenvalue weighted by molar-refractivity contribution is 6.34. The monoisotopic (exact) mass is 344 g/mol. The van der Waals surface area contributed by atoms with Crippen molar-refractivity contribution in [3.05, 3.63) is 28.2 Å². The highest BCUT2D eigenvalue weighted by Crippen LogP contribution is 2.25. The fraction of sp³-hybridized carbons (Fsp3) is 0.467. The van der Waals surface area contributed by atoms with Gasteiger partial charge in [0.2, 0.25) is 5.91 Å². The average Bonchev–Trinajstić information content (AvgIpc) is 2.45. The minimum Gasteiger partial charge on any atom is -0.481 e. The molecule has 1 aliphatic rings. The number of piperazine rings is 1. The molecule has 1 aromatic carbocycles. The van der Waals surface area contributed by atoms with Gasteiger partial charge in [0.05, 0.1) is 0 Å². The van der Waals surface area contributed by atoms with E-state index in [-0.39, 0.29) is 11.8 Å². The molecule has 1 heterocycles. The molecule has 0 spiro atoms. The third kappa shape index (κ3) is 4.27. The maximum Gasteiger partial charge on any atom is 0.263 e. The van der Waals surface area contributed by atoms with E-state index >= 15 is 0 Å². The maximum absolute atomic E-state index is 12.4. The predicted octanol–water partition coefficient (Wildman–Crippen LogP) is 2.45. The van der Waals surface area contributed by atoms with Crippen molar-refractivity contribution in [3.63, 3.8) is 0 Å². The highest BCUT2D eigenvalue weighted by atomic mass is 35.5. The molecule has 0 saturated carbocycles. The van der Waals surface area contributed by atoms with Crippen molar-refractivity contribution < 1.29 is 14.3 Å². The Morgan fingerprint density at radius 2 is 1.55 bits per heavy atom. The fourth-order valence-electron chi connectivity index (χ4n) is 2.35. The Labute approximate surface area is 139 Å². The van der Waals surface area contributed by atoms with Gasteiger partial charge in [-0.2, -0.15) is 0 Å². The normalized spacial score (nSPS) is 16.4. The van der Waals surface area contributed by atoms with Gasteiger partial charge in [0, 0.05) is 43.1 Å². The molecular formula is C15H18Cl2N2O3. The number of hydrogen-bond donors (Lipinski definition) is 0. The van der Waals surface area contributed by atoms with Crippen LogP contribution in [-0.2, 0) is 9.59 Å². The van der Waals surface area contributed by atoms with Gasteiger partial charge in [0.15, 0.2) is 6.10 Å². The van der Waals surface area contributed by atoms with Crippen LogP contribution in [-0.4, -0.2) is 53.9 Å². The summed E-state index contributed by atoms with van der Waals surface area (Å²) in [4.78, 5) is 27.1. The zero-order valence-electron chi connectivity index (χ0n) is 12.5. The number of amides is 2. The molecule has 1 fully saturated rings. The lowest BCUT2D eigenvalue weighted by atomic mass is 10.2. The molecule has 1 aromatic rings. The van der Waals surface area contributed by atoms with E-state index in [9.17, 15) is 9.59 Å². The van der Waals surface area contributed by atoms with Crippen LogP contribution in [0.5, 0.6) is 5.75 Å². The molecular weight excluding hydrogens is 327 g/mol. The van der Waals surface area contributed by atoms with Gasteiger partial charge in [-0.15, -0.1) is 0 Å². The highest BCUT2D eigenvalue weighted by Gasteiger charge is 2.26. The summed E-state index contributed by atoms with van der Waals surface area (Å²) in [5, 5.41) is 0.912. The molecule has 0 bridgehead atoms. The number of carbonyl (C=O) groups excluding carboxylic acids is 2. The van der Waals surface area contributed by atoms with Crippen molar-refractivity contribution in [3.8, 4) is 5.75 Å². The van der Waals surface area contributed by atoms with E-state index in [0.717, 1.165) is 0 Å². The molecule has 5 nitrogen and oxygen atoms in total. The Morgan fingerprint density at radius 1 is 1.05 bits per heavy atom. The summed E-state index contributed by atoms with van der Waals surface area (Å²) < 4.78 is 5.62. The van der Waals surface area contributed by atoms with Crippen molar-refractivity contribution in [1.82, 2.24) is 9.80 Å². The molecule has 1 unspecified atom stereocenters. The summed E-state index contributed by atoms with van der Waals surface area (Å²) in [6, 6.07) is 4.83. The molecule has 1 aliphatic heterocycles. The van der Waals surface area contributed by atoms with E-state index < -0.39 is 6.10 Å². The molecule has 7 heteroatoms. The van der Waals surface area contributed by atoms with Crippen molar-refractivity contribution in [2.75, 3.05) is 26.2 Å². The third-order valence-electron chi connectivity index (χ3n) is 3.53. The van der Waals surface area contributed by atoms with Crippen molar-refractivity contribution in [2.45, 2.75) is 20.0 Å². The first-order chi connectivity index (χ1) is 10.4. The minimum atomic E-state index is -0.640. The topological polar surface area (TPSA) is 49.9 Å². The van der Waals surface area contributed by atoms with E-state index in [1.165, 1.54) is 6.92 Å². The van der Waals surface area contributed by atoms with Gasteiger partial charge in [-0.25, -0.2) is 0 Å². The summed E-state index contributed by atoms with van der Waals surface area (Å²) in [7, 11) is 0. The van der Waals surface area contributed by atoms with Crippen LogP contribution in [0, 0.1) is 0 Å². The molecule has 120 valence electrons. The molecule has 0 aliphatic carbocycles. The van der Waals surface area contributed by atoms with Crippen molar-refractivity contribution >= 4 is 35.0 Å². The van der Waals surface area contributed by atoms with Crippen molar-refractivity contribution in [2.24, 2.45) is 0 Å². The van der Waals surface area contributed by atoms with Gasteiger partial charge in [-0.1, -0.05) is 23.2 Å². The zero-order chi connectivity index (χ0) is 16.3. The van der Waals surface area contributed by atoms with Crippen LogP contribution in [0.25, 0.3) is 0 Å². The Kier molecular flexibility index (Phi) is 5.53. The Hall–Kier alpha value is -1.46. The zero-order valence-corrected chi connectivity index (χ0v) is 14.0. The summed E-state index contributed by atoms with van der Waals surface area (Å²) in [6.07, 6.45) is -0.640. The quantitative estimate of drug-likeness (QED) is 0.846. The molecule has 0 aromatic heterocycles. The second kappa shape index (κ2) is 7.20. The van der Waals surface area contributed by atoms with Gasteiger partial charge in [0.25, 0.3) is 5.91 Å². The Bertz CT molecular complexity index is 552. The first kappa shape index (κ1) is 16.9. The summed E-state index contributed by atoms with van der Waals surface area (Å²) >= 11 is 11.8. The number of ether oxygens (including phenoxy) is 1. The van der Waals surface area contributed by atoms with Crippen LogP contribution in [0.15, 0.2) is 18.2 Å². The van der Waals surface area contributed by atoms with Gasteiger partial charge in [0.1, 0.15) is 5.75 Å². The molecule has 0 N–H and O–H groups in total. The average molecular weight is 345 g/mol. The minimum absolute atomic E-state index is 0.0324. The van der Waals surface area contributed by atoms with E-state index in [2.05, 4.69) is 0 Å². The predicted molar refractivity (Wildman–Crippen MR) is 85.4 cm³/mol. The van der Waals surface area contributed by atoms with Crippen LogP contribution >= 0.6 is 23.2 Å². The third-order valence-corrected chi connectivity index (χ3v) is 3.97. The number of rotatable bonds is 3. The SMILES string of the molecule is CC(=O)N1CCN(C(=O)C(C)Oc2cc(Cl)cc(Cl)c2)CC1. The second-order valence-corrected chi connectivity index (χ2v) is 6.07. The number of nitrogens with zero attached hydrogens (tertiary/aromatic N) is 2.